The number of halogens is 1. The molecule has 0 aliphatic carbocycles. The van der Waals surface area contributed by atoms with Crippen LogP contribution in [0.25, 0.3) is 0 Å². The molecule has 1 rings (SSSR count). The van der Waals surface area contributed by atoms with E-state index in [0.29, 0.717) is 0 Å². The van der Waals surface area contributed by atoms with Gasteiger partial charge in [0, 0.05) is 0 Å². The molecule has 0 saturated heterocycles. The van der Waals surface area contributed by atoms with E-state index < -0.39 is 0 Å². The first kappa shape index (κ1) is 13.6. The monoisotopic (exact) mass is 239 g/mol. The number of aliphatic hydroxyl groups is 1. The number of hydrogen-bond acceptors (Lipinski definition) is 2. The van der Waals surface area contributed by atoms with Crippen LogP contribution in [0.1, 0.15) is 19.4 Å². The second kappa shape index (κ2) is 6.35. The molecule has 17 heavy (non-hydrogen) atoms. The summed E-state index contributed by atoms with van der Waals surface area (Å²) in [5.74, 6) is -0.300. The second-order valence-electron chi connectivity index (χ2n) is 4.40. The molecule has 2 N–H and O–H groups in total. The van der Waals surface area contributed by atoms with Gasteiger partial charge in [-0.05, 0) is 23.6 Å². The van der Waals surface area contributed by atoms with Crippen molar-refractivity contribution >= 4 is 5.91 Å². The minimum absolute atomic E-state index is 0.0766. The van der Waals surface area contributed by atoms with Gasteiger partial charge in [-0.25, -0.2) is 4.39 Å². The summed E-state index contributed by atoms with van der Waals surface area (Å²) in [4.78, 5) is 11.7. The van der Waals surface area contributed by atoms with Crippen LogP contribution >= 0.6 is 0 Å². The van der Waals surface area contributed by atoms with Crippen molar-refractivity contribution < 1.29 is 14.3 Å². The first-order valence-corrected chi connectivity index (χ1v) is 5.67. The van der Waals surface area contributed by atoms with E-state index in [1.807, 2.05) is 13.8 Å². The Bertz CT molecular complexity index is 362. The van der Waals surface area contributed by atoms with Crippen LogP contribution in [0.15, 0.2) is 24.3 Å². The molecule has 94 valence electrons. The number of carbonyl (C=O) groups excluding carboxylic acids is 1. The van der Waals surface area contributed by atoms with Crippen molar-refractivity contribution in [3.05, 3.63) is 35.6 Å². The smallest absolute Gasteiger partial charge is 0.224 e. The quantitative estimate of drug-likeness (QED) is 0.818. The van der Waals surface area contributed by atoms with Crippen LogP contribution in [0, 0.1) is 11.7 Å². The van der Waals surface area contributed by atoms with E-state index in [0.717, 1.165) is 5.56 Å². The van der Waals surface area contributed by atoms with Crippen molar-refractivity contribution in [1.82, 2.24) is 5.32 Å². The van der Waals surface area contributed by atoms with Gasteiger partial charge in [0.15, 0.2) is 0 Å². The molecule has 0 aliphatic heterocycles. The van der Waals surface area contributed by atoms with Crippen LogP contribution in [0.3, 0.4) is 0 Å². The van der Waals surface area contributed by atoms with Crippen molar-refractivity contribution in [2.75, 3.05) is 6.61 Å². The number of hydrogen-bond donors (Lipinski definition) is 2. The maximum atomic E-state index is 12.7. The largest absolute Gasteiger partial charge is 0.394 e. The van der Waals surface area contributed by atoms with E-state index in [2.05, 4.69) is 5.32 Å². The number of rotatable bonds is 5. The molecule has 0 aliphatic rings. The zero-order chi connectivity index (χ0) is 12.8. The summed E-state index contributed by atoms with van der Waals surface area (Å²) < 4.78 is 12.7. The molecular weight excluding hydrogens is 221 g/mol. The maximum Gasteiger partial charge on any atom is 0.224 e. The maximum absolute atomic E-state index is 12.7. The van der Waals surface area contributed by atoms with Crippen LogP contribution in [0.2, 0.25) is 0 Å². The van der Waals surface area contributed by atoms with Crippen molar-refractivity contribution in [1.29, 1.82) is 0 Å². The molecule has 3 nitrogen and oxygen atoms in total. The van der Waals surface area contributed by atoms with Crippen LogP contribution in [0.5, 0.6) is 0 Å². The number of amides is 1. The summed E-state index contributed by atoms with van der Waals surface area (Å²) in [6.45, 7) is 3.78. The molecule has 1 amide bonds. The summed E-state index contributed by atoms with van der Waals surface area (Å²) in [7, 11) is 0. The van der Waals surface area contributed by atoms with Crippen LogP contribution in [0.4, 0.5) is 4.39 Å². The highest BCUT2D eigenvalue weighted by Gasteiger charge is 2.14. The molecule has 0 spiro atoms. The average Bonchev–Trinajstić information content (AvgIpc) is 2.28. The molecule has 0 heterocycles. The molecule has 0 aromatic heterocycles. The highest BCUT2D eigenvalue weighted by Crippen LogP contribution is 2.05. The average molecular weight is 239 g/mol. The lowest BCUT2D eigenvalue weighted by molar-refractivity contribution is -0.121. The van der Waals surface area contributed by atoms with Gasteiger partial charge in [0.2, 0.25) is 5.91 Å². The van der Waals surface area contributed by atoms with Gasteiger partial charge in [-0.3, -0.25) is 4.79 Å². The van der Waals surface area contributed by atoms with E-state index in [1.54, 1.807) is 12.1 Å². The summed E-state index contributed by atoms with van der Waals surface area (Å²) in [5.41, 5.74) is 0.754. The summed E-state index contributed by atoms with van der Waals surface area (Å²) in [5, 5.41) is 11.8. The predicted octanol–water partition coefficient (Wildman–Crippen LogP) is 1.50. The molecular formula is C13H18FNO2. The van der Waals surface area contributed by atoms with Gasteiger partial charge in [0.25, 0.3) is 0 Å². The SMILES string of the molecule is CC(C)C(CO)NC(=O)Cc1ccc(F)cc1. The van der Waals surface area contributed by atoms with Crippen molar-refractivity contribution in [3.63, 3.8) is 0 Å². The Morgan fingerprint density at radius 2 is 1.94 bits per heavy atom. The fourth-order valence-corrected chi connectivity index (χ4v) is 1.47. The zero-order valence-electron chi connectivity index (χ0n) is 10.1. The fraction of sp³-hybridized carbons (Fsp3) is 0.462. The summed E-state index contributed by atoms with van der Waals surface area (Å²) in [6, 6.07) is 5.59. The van der Waals surface area contributed by atoms with Gasteiger partial charge in [-0.15, -0.1) is 0 Å². The molecule has 1 aromatic rings. The van der Waals surface area contributed by atoms with Gasteiger partial charge in [-0.1, -0.05) is 26.0 Å². The molecule has 0 fully saturated rings. The topological polar surface area (TPSA) is 49.3 Å². The molecule has 1 atom stereocenters. The van der Waals surface area contributed by atoms with Crippen LogP contribution in [-0.4, -0.2) is 23.7 Å². The number of nitrogens with one attached hydrogen (secondary N) is 1. The fourth-order valence-electron chi connectivity index (χ4n) is 1.47. The molecule has 4 heteroatoms. The molecule has 0 saturated carbocycles. The first-order valence-electron chi connectivity index (χ1n) is 5.67. The van der Waals surface area contributed by atoms with E-state index in [9.17, 15) is 9.18 Å². The molecule has 1 aromatic carbocycles. The van der Waals surface area contributed by atoms with Crippen LogP contribution < -0.4 is 5.32 Å². The summed E-state index contributed by atoms with van der Waals surface area (Å²) >= 11 is 0. The normalized spacial score (nSPS) is 12.5. The number of benzene rings is 1. The third-order valence-corrected chi connectivity index (χ3v) is 2.63. The predicted molar refractivity (Wildman–Crippen MR) is 64.0 cm³/mol. The van der Waals surface area contributed by atoms with Gasteiger partial charge >= 0.3 is 0 Å². The number of carbonyl (C=O) groups is 1. The standard InChI is InChI=1S/C13H18FNO2/c1-9(2)12(8-16)15-13(17)7-10-3-5-11(14)6-4-10/h3-6,9,12,16H,7-8H2,1-2H3,(H,15,17). The summed E-state index contributed by atoms with van der Waals surface area (Å²) in [6.07, 6.45) is 0.198. The third-order valence-electron chi connectivity index (χ3n) is 2.63. The van der Waals surface area contributed by atoms with Crippen molar-refractivity contribution in [2.24, 2.45) is 5.92 Å². The highest BCUT2D eigenvalue weighted by atomic mass is 19.1. The molecule has 0 radical (unpaired) electrons. The van der Waals surface area contributed by atoms with Gasteiger partial charge in [-0.2, -0.15) is 0 Å². The Hall–Kier alpha value is -1.42. The third kappa shape index (κ3) is 4.53. The Balaban J connectivity index is 2.52. The second-order valence-corrected chi connectivity index (χ2v) is 4.40. The van der Waals surface area contributed by atoms with E-state index in [-0.39, 0.29) is 36.7 Å². The highest BCUT2D eigenvalue weighted by molar-refractivity contribution is 5.78. The van der Waals surface area contributed by atoms with E-state index >= 15 is 0 Å². The van der Waals surface area contributed by atoms with Gasteiger partial charge in [0.1, 0.15) is 5.82 Å². The lowest BCUT2D eigenvalue weighted by Crippen LogP contribution is -2.41. The molecule has 1 unspecified atom stereocenters. The number of aliphatic hydroxyl groups excluding tert-OH is 1. The zero-order valence-corrected chi connectivity index (χ0v) is 10.1. The van der Waals surface area contributed by atoms with Crippen molar-refractivity contribution in [3.8, 4) is 0 Å². The Morgan fingerprint density at radius 1 is 1.35 bits per heavy atom. The van der Waals surface area contributed by atoms with E-state index in [4.69, 9.17) is 5.11 Å². The Labute approximate surface area is 101 Å². The van der Waals surface area contributed by atoms with Crippen molar-refractivity contribution in [2.45, 2.75) is 26.3 Å². The lowest BCUT2D eigenvalue weighted by Gasteiger charge is -2.19. The minimum Gasteiger partial charge on any atom is -0.394 e. The van der Waals surface area contributed by atoms with Crippen LogP contribution in [-0.2, 0) is 11.2 Å². The van der Waals surface area contributed by atoms with Gasteiger partial charge in [0.05, 0.1) is 19.1 Å². The Morgan fingerprint density at radius 3 is 2.41 bits per heavy atom. The first-order chi connectivity index (χ1) is 8.02. The molecule has 0 bridgehead atoms. The Kier molecular flexibility index (Phi) is 5.10. The lowest BCUT2D eigenvalue weighted by atomic mass is 10.0. The van der Waals surface area contributed by atoms with Gasteiger partial charge < -0.3 is 10.4 Å². The minimum atomic E-state index is -0.315. The van der Waals surface area contributed by atoms with E-state index in [1.165, 1.54) is 12.1 Å².